The van der Waals surface area contributed by atoms with Crippen LogP contribution in [0.4, 0.5) is 0 Å². The van der Waals surface area contributed by atoms with Gasteiger partial charge in [-0.3, -0.25) is 0 Å². The number of nitrogens with one attached hydrogen (secondary N) is 1. The molecule has 0 spiro atoms. The van der Waals surface area contributed by atoms with E-state index in [0.29, 0.717) is 6.04 Å². The molecule has 0 saturated heterocycles. The molecular weight excluding hydrogens is 218 g/mol. The molecule has 0 atom stereocenters. The van der Waals surface area contributed by atoms with Crippen molar-refractivity contribution in [3.05, 3.63) is 21.9 Å². The van der Waals surface area contributed by atoms with Crippen LogP contribution in [-0.4, -0.2) is 17.7 Å². The van der Waals surface area contributed by atoms with Crippen LogP contribution in [0.3, 0.4) is 0 Å². The van der Waals surface area contributed by atoms with E-state index < -0.39 is 5.60 Å². The number of aryl methyl sites for hydroxylation is 1. The SMILES string of the molecule is CCNC1CCC(O)(c2ccsc2C)CC1. The molecule has 90 valence electrons. The van der Waals surface area contributed by atoms with Crippen molar-refractivity contribution in [2.24, 2.45) is 0 Å². The lowest BCUT2D eigenvalue weighted by molar-refractivity contribution is -0.00824. The molecule has 1 aromatic heterocycles. The average molecular weight is 239 g/mol. The second-order valence-corrected chi connectivity index (χ2v) is 5.87. The lowest BCUT2D eigenvalue weighted by Gasteiger charge is -2.36. The fourth-order valence-electron chi connectivity index (χ4n) is 2.73. The van der Waals surface area contributed by atoms with Gasteiger partial charge in [-0.2, -0.15) is 0 Å². The van der Waals surface area contributed by atoms with Crippen LogP contribution in [0.1, 0.15) is 43.0 Å². The minimum atomic E-state index is -0.560. The minimum absolute atomic E-state index is 0.560. The summed E-state index contributed by atoms with van der Waals surface area (Å²) in [6.45, 7) is 5.28. The van der Waals surface area contributed by atoms with Crippen LogP contribution in [0.25, 0.3) is 0 Å². The molecular formula is C13H21NOS. The largest absolute Gasteiger partial charge is 0.385 e. The van der Waals surface area contributed by atoms with E-state index in [1.165, 1.54) is 4.88 Å². The van der Waals surface area contributed by atoms with Gasteiger partial charge in [0.1, 0.15) is 0 Å². The van der Waals surface area contributed by atoms with E-state index in [1.54, 1.807) is 11.3 Å². The van der Waals surface area contributed by atoms with Gasteiger partial charge in [0.2, 0.25) is 0 Å². The molecule has 0 radical (unpaired) electrons. The van der Waals surface area contributed by atoms with Crippen LogP contribution in [0.5, 0.6) is 0 Å². The predicted molar refractivity (Wildman–Crippen MR) is 68.9 cm³/mol. The summed E-state index contributed by atoms with van der Waals surface area (Å²) in [6, 6.07) is 2.69. The summed E-state index contributed by atoms with van der Waals surface area (Å²) < 4.78 is 0. The van der Waals surface area contributed by atoms with Gasteiger partial charge < -0.3 is 10.4 Å². The highest BCUT2D eigenvalue weighted by Gasteiger charge is 2.35. The van der Waals surface area contributed by atoms with Gasteiger partial charge in [-0.1, -0.05) is 6.92 Å². The average Bonchev–Trinajstić information content (AvgIpc) is 2.69. The molecule has 2 N–H and O–H groups in total. The Hall–Kier alpha value is -0.380. The maximum atomic E-state index is 10.7. The molecule has 2 rings (SSSR count). The quantitative estimate of drug-likeness (QED) is 0.850. The molecule has 0 aromatic carbocycles. The summed E-state index contributed by atoms with van der Waals surface area (Å²) in [5.41, 5.74) is 0.600. The maximum Gasteiger partial charge on any atom is 0.0908 e. The molecule has 1 heterocycles. The Bertz CT molecular complexity index is 339. The second kappa shape index (κ2) is 4.86. The zero-order valence-corrected chi connectivity index (χ0v) is 10.9. The van der Waals surface area contributed by atoms with E-state index in [0.717, 1.165) is 37.8 Å². The van der Waals surface area contributed by atoms with E-state index in [-0.39, 0.29) is 0 Å². The van der Waals surface area contributed by atoms with Crippen molar-refractivity contribution < 1.29 is 5.11 Å². The Labute approximate surface area is 102 Å². The highest BCUT2D eigenvalue weighted by atomic mass is 32.1. The monoisotopic (exact) mass is 239 g/mol. The molecule has 1 fully saturated rings. The Kier molecular flexibility index (Phi) is 3.67. The molecule has 1 aliphatic carbocycles. The molecule has 1 saturated carbocycles. The lowest BCUT2D eigenvalue weighted by Crippen LogP contribution is -2.39. The number of hydrogen-bond acceptors (Lipinski definition) is 3. The maximum absolute atomic E-state index is 10.7. The first kappa shape index (κ1) is 12.1. The summed E-state index contributed by atoms with van der Waals surface area (Å²) >= 11 is 1.73. The third-order valence-electron chi connectivity index (χ3n) is 3.67. The Morgan fingerprint density at radius 2 is 2.19 bits per heavy atom. The lowest BCUT2D eigenvalue weighted by atomic mass is 9.78. The summed E-state index contributed by atoms with van der Waals surface area (Å²) in [5.74, 6) is 0. The number of hydrogen-bond donors (Lipinski definition) is 2. The molecule has 2 nitrogen and oxygen atoms in total. The van der Waals surface area contributed by atoms with Crippen molar-refractivity contribution in [1.82, 2.24) is 5.32 Å². The van der Waals surface area contributed by atoms with Crippen LogP contribution in [0, 0.1) is 6.92 Å². The Morgan fingerprint density at radius 1 is 1.50 bits per heavy atom. The molecule has 0 aliphatic heterocycles. The molecule has 16 heavy (non-hydrogen) atoms. The number of rotatable bonds is 3. The topological polar surface area (TPSA) is 32.3 Å². The molecule has 1 aliphatic rings. The Morgan fingerprint density at radius 3 is 2.69 bits per heavy atom. The molecule has 0 unspecified atom stereocenters. The predicted octanol–water partition coefficient (Wildman–Crippen LogP) is 2.80. The standard InChI is InChI=1S/C13H21NOS/c1-3-14-11-4-7-13(15,8-5-11)12-6-9-16-10(12)2/h6,9,11,14-15H,3-5,7-8H2,1-2H3. The first-order valence-corrected chi connectivity index (χ1v) is 7.04. The van der Waals surface area contributed by atoms with Crippen LogP contribution >= 0.6 is 11.3 Å². The van der Waals surface area contributed by atoms with Crippen molar-refractivity contribution >= 4 is 11.3 Å². The van der Waals surface area contributed by atoms with Gasteiger partial charge in [0.15, 0.2) is 0 Å². The summed E-state index contributed by atoms with van der Waals surface area (Å²) in [6.07, 6.45) is 3.95. The number of aliphatic hydroxyl groups is 1. The summed E-state index contributed by atoms with van der Waals surface area (Å²) in [5, 5.41) is 16.2. The smallest absolute Gasteiger partial charge is 0.0908 e. The van der Waals surface area contributed by atoms with Gasteiger partial charge >= 0.3 is 0 Å². The van der Waals surface area contributed by atoms with E-state index in [4.69, 9.17) is 0 Å². The van der Waals surface area contributed by atoms with Crippen LogP contribution in [0.2, 0.25) is 0 Å². The van der Waals surface area contributed by atoms with Gasteiger partial charge in [0.05, 0.1) is 5.60 Å². The zero-order valence-electron chi connectivity index (χ0n) is 10.1. The van der Waals surface area contributed by atoms with Crippen LogP contribution in [0.15, 0.2) is 11.4 Å². The third-order valence-corrected chi connectivity index (χ3v) is 4.51. The van der Waals surface area contributed by atoms with Crippen molar-refractivity contribution in [3.63, 3.8) is 0 Å². The first-order chi connectivity index (χ1) is 7.65. The number of thiophene rings is 1. The zero-order chi connectivity index (χ0) is 11.6. The van der Waals surface area contributed by atoms with Crippen LogP contribution < -0.4 is 5.32 Å². The molecule has 3 heteroatoms. The molecule has 0 amide bonds. The van der Waals surface area contributed by atoms with Gasteiger partial charge in [-0.15, -0.1) is 11.3 Å². The molecule has 0 bridgehead atoms. The van der Waals surface area contributed by atoms with Gasteiger partial charge in [0.25, 0.3) is 0 Å². The Balaban J connectivity index is 2.04. The van der Waals surface area contributed by atoms with Crippen molar-refractivity contribution in [2.45, 2.75) is 51.2 Å². The van der Waals surface area contributed by atoms with E-state index in [2.05, 4.69) is 30.6 Å². The second-order valence-electron chi connectivity index (χ2n) is 4.75. The van der Waals surface area contributed by atoms with E-state index >= 15 is 0 Å². The van der Waals surface area contributed by atoms with Gasteiger partial charge in [0, 0.05) is 10.9 Å². The van der Waals surface area contributed by atoms with Crippen molar-refractivity contribution in [2.75, 3.05) is 6.54 Å². The van der Waals surface area contributed by atoms with E-state index in [1.807, 2.05) is 0 Å². The highest BCUT2D eigenvalue weighted by Crippen LogP contribution is 2.39. The van der Waals surface area contributed by atoms with Gasteiger partial charge in [-0.05, 0) is 56.2 Å². The summed E-state index contributed by atoms with van der Waals surface area (Å²) in [4.78, 5) is 1.27. The normalized spacial score (nSPS) is 30.6. The fourth-order valence-corrected chi connectivity index (χ4v) is 3.52. The van der Waals surface area contributed by atoms with Crippen LogP contribution in [-0.2, 0) is 5.60 Å². The minimum Gasteiger partial charge on any atom is -0.385 e. The van der Waals surface area contributed by atoms with Crippen molar-refractivity contribution in [1.29, 1.82) is 0 Å². The van der Waals surface area contributed by atoms with E-state index in [9.17, 15) is 5.11 Å². The van der Waals surface area contributed by atoms with Gasteiger partial charge in [-0.25, -0.2) is 0 Å². The highest BCUT2D eigenvalue weighted by molar-refractivity contribution is 7.10. The van der Waals surface area contributed by atoms with Crippen molar-refractivity contribution in [3.8, 4) is 0 Å². The molecule has 1 aromatic rings. The first-order valence-electron chi connectivity index (χ1n) is 6.16. The third kappa shape index (κ3) is 2.31. The fraction of sp³-hybridized carbons (Fsp3) is 0.692. The summed E-state index contributed by atoms with van der Waals surface area (Å²) in [7, 11) is 0.